The second kappa shape index (κ2) is 16.2. The van der Waals surface area contributed by atoms with Gasteiger partial charge in [-0.15, -0.1) is 0 Å². The van der Waals surface area contributed by atoms with Crippen LogP contribution in [0.2, 0.25) is 0 Å². The summed E-state index contributed by atoms with van der Waals surface area (Å²) in [6.45, 7) is 4.61. The van der Waals surface area contributed by atoms with Crippen LogP contribution in [0.4, 0.5) is 0 Å². The maximum atomic E-state index is 2.58. The van der Waals surface area contributed by atoms with Crippen LogP contribution in [-0.2, 0) is 0 Å². The predicted molar refractivity (Wildman–Crippen MR) is 111 cm³/mol. The van der Waals surface area contributed by atoms with Gasteiger partial charge in [-0.05, 0) is 37.5 Å². The lowest BCUT2D eigenvalue weighted by Gasteiger charge is -2.28. The molecule has 0 radical (unpaired) electrons. The molecule has 1 rings (SSSR count). The number of allylic oxidation sites excluding steroid dienone is 2. The van der Waals surface area contributed by atoms with Crippen LogP contribution in [0.5, 0.6) is 0 Å². The molecule has 0 saturated carbocycles. The van der Waals surface area contributed by atoms with Crippen molar-refractivity contribution in [3.8, 4) is 0 Å². The van der Waals surface area contributed by atoms with Crippen molar-refractivity contribution in [2.24, 2.45) is 11.8 Å². The van der Waals surface area contributed by atoms with E-state index in [0.29, 0.717) is 0 Å². The molecule has 0 heterocycles. The van der Waals surface area contributed by atoms with Gasteiger partial charge in [-0.2, -0.15) is 0 Å². The summed E-state index contributed by atoms with van der Waals surface area (Å²) in [4.78, 5) is 0. The fraction of sp³-hybridized carbons (Fsp3) is 0.917. The highest BCUT2D eigenvalue weighted by molar-refractivity contribution is 4.96. The first-order chi connectivity index (χ1) is 11.9. The summed E-state index contributed by atoms with van der Waals surface area (Å²) < 4.78 is 0. The van der Waals surface area contributed by atoms with Crippen LogP contribution in [0.25, 0.3) is 0 Å². The number of rotatable bonds is 16. The predicted octanol–water partition coefficient (Wildman–Crippen LogP) is 8.85. The van der Waals surface area contributed by atoms with E-state index in [1.54, 1.807) is 0 Å². The van der Waals surface area contributed by atoms with Gasteiger partial charge in [0.25, 0.3) is 0 Å². The topological polar surface area (TPSA) is 0 Å². The number of hydrogen-bond acceptors (Lipinski definition) is 0. The van der Waals surface area contributed by atoms with Gasteiger partial charge in [-0.3, -0.25) is 0 Å². The first-order valence-corrected chi connectivity index (χ1v) is 11.5. The highest BCUT2D eigenvalue weighted by Gasteiger charge is 2.20. The number of unbranched alkanes of at least 4 members (excludes halogenated alkanes) is 12. The van der Waals surface area contributed by atoms with Crippen LogP contribution >= 0.6 is 0 Å². The molecule has 0 nitrogen and oxygen atoms in total. The van der Waals surface area contributed by atoms with E-state index in [9.17, 15) is 0 Å². The van der Waals surface area contributed by atoms with E-state index in [1.165, 1.54) is 116 Å². The van der Waals surface area contributed by atoms with Crippen LogP contribution in [0.3, 0.4) is 0 Å². The lowest BCUT2D eigenvalue weighted by Crippen LogP contribution is -2.16. The summed E-state index contributed by atoms with van der Waals surface area (Å²) in [6, 6.07) is 0. The lowest BCUT2D eigenvalue weighted by molar-refractivity contribution is 0.300. The van der Waals surface area contributed by atoms with Crippen LogP contribution in [0.15, 0.2) is 12.2 Å². The van der Waals surface area contributed by atoms with Crippen molar-refractivity contribution in [3.05, 3.63) is 12.2 Å². The molecule has 0 fully saturated rings. The zero-order valence-electron chi connectivity index (χ0n) is 17.0. The molecule has 24 heavy (non-hydrogen) atoms. The van der Waals surface area contributed by atoms with Crippen LogP contribution in [0.1, 0.15) is 129 Å². The fourth-order valence-electron chi connectivity index (χ4n) is 4.34. The van der Waals surface area contributed by atoms with Crippen molar-refractivity contribution in [2.45, 2.75) is 129 Å². The van der Waals surface area contributed by atoms with E-state index < -0.39 is 0 Å². The second-order valence-electron chi connectivity index (χ2n) is 8.25. The van der Waals surface area contributed by atoms with Crippen molar-refractivity contribution >= 4 is 0 Å². The average Bonchev–Trinajstić information content (AvgIpc) is 2.61. The Morgan fingerprint density at radius 2 is 1.12 bits per heavy atom. The Kier molecular flexibility index (Phi) is 14.7. The third kappa shape index (κ3) is 11.3. The Morgan fingerprint density at radius 1 is 0.625 bits per heavy atom. The molecular weight excluding hydrogens is 288 g/mol. The summed E-state index contributed by atoms with van der Waals surface area (Å²) in [6.07, 6.45) is 31.1. The van der Waals surface area contributed by atoms with Crippen LogP contribution in [0, 0.1) is 11.8 Å². The summed E-state index contributed by atoms with van der Waals surface area (Å²) in [5.74, 6) is 1.92. The smallest absolute Gasteiger partial charge is 0.0205 e. The minimum Gasteiger partial charge on any atom is -0.0882 e. The maximum Gasteiger partial charge on any atom is -0.0205 e. The minimum atomic E-state index is 0.912. The SMILES string of the molecule is CCCCCCCCCC1C=CCCC1CCCCCCCCC. The molecule has 0 spiro atoms. The van der Waals surface area contributed by atoms with Crippen molar-refractivity contribution in [1.82, 2.24) is 0 Å². The third-order valence-corrected chi connectivity index (χ3v) is 6.01. The molecular formula is C24H46. The van der Waals surface area contributed by atoms with Gasteiger partial charge in [0, 0.05) is 0 Å². The van der Waals surface area contributed by atoms with E-state index in [4.69, 9.17) is 0 Å². The molecule has 0 bridgehead atoms. The van der Waals surface area contributed by atoms with Gasteiger partial charge in [-0.25, -0.2) is 0 Å². The molecule has 0 aliphatic heterocycles. The van der Waals surface area contributed by atoms with Gasteiger partial charge >= 0.3 is 0 Å². The third-order valence-electron chi connectivity index (χ3n) is 6.01. The standard InChI is InChI=1S/C24H46/c1-3-5-7-9-11-13-15-19-23-21-17-18-22-24(23)20-16-14-12-10-8-6-4-2/h17,21,23-24H,3-16,18-20,22H2,1-2H3. The minimum absolute atomic E-state index is 0.912. The zero-order valence-corrected chi connectivity index (χ0v) is 17.0. The molecule has 2 unspecified atom stereocenters. The van der Waals surface area contributed by atoms with E-state index in [2.05, 4.69) is 26.0 Å². The molecule has 0 aromatic rings. The summed E-state index contributed by atoms with van der Waals surface area (Å²) in [5, 5.41) is 0. The highest BCUT2D eigenvalue weighted by Crippen LogP contribution is 2.33. The van der Waals surface area contributed by atoms with Gasteiger partial charge in [0.1, 0.15) is 0 Å². The Labute approximate surface area is 153 Å². The first-order valence-electron chi connectivity index (χ1n) is 11.5. The maximum absolute atomic E-state index is 2.58. The van der Waals surface area contributed by atoms with E-state index in [1.807, 2.05) is 0 Å². The van der Waals surface area contributed by atoms with Crippen molar-refractivity contribution < 1.29 is 0 Å². The summed E-state index contributed by atoms with van der Waals surface area (Å²) in [5.41, 5.74) is 0. The summed E-state index contributed by atoms with van der Waals surface area (Å²) >= 11 is 0. The molecule has 0 N–H and O–H groups in total. The van der Waals surface area contributed by atoms with Gasteiger partial charge in [0.05, 0.1) is 0 Å². The van der Waals surface area contributed by atoms with Crippen molar-refractivity contribution in [2.75, 3.05) is 0 Å². The van der Waals surface area contributed by atoms with E-state index in [0.717, 1.165) is 11.8 Å². The van der Waals surface area contributed by atoms with E-state index in [-0.39, 0.29) is 0 Å². The Balaban J connectivity index is 2.04. The van der Waals surface area contributed by atoms with E-state index >= 15 is 0 Å². The zero-order chi connectivity index (χ0) is 17.3. The molecule has 0 amide bonds. The normalized spacial score (nSPS) is 20.6. The Morgan fingerprint density at radius 3 is 1.71 bits per heavy atom. The monoisotopic (exact) mass is 334 g/mol. The molecule has 0 aromatic carbocycles. The average molecular weight is 335 g/mol. The molecule has 2 atom stereocenters. The van der Waals surface area contributed by atoms with Crippen LogP contribution in [-0.4, -0.2) is 0 Å². The quantitative estimate of drug-likeness (QED) is 0.195. The molecule has 0 heteroatoms. The Hall–Kier alpha value is -0.260. The Bertz CT molecular complexity index is 278. The molecule has 1 aliphatic carbocycles. The molecule has 0 saturated heterocycles. The van der Waals surface area contributed by atoms with Crippen molar-refractivity contribution in [1.29, 1.82) is 0 Å². The lowest BCUT2D eigenvalue weighted by atomic mass is 9.78. The van der Waals surface area contributed by atoms with Crippen molar-refractivity contribution in [3.63, 3.8) is 0 Å². The van der Waals surface area contributed by atoms with Gasteiger partial charge in [0.2, 0.25) is 0 Å². The first kappa shape index (κ1) is 21.8. The largest absolute Gasteiger partial charge is 0.0882 e. The molecule has 1 aliphatic rings. The number of hydrogen-bond donors (Lipinski definition) is 0. The second-order valence-corrected chi connectivity index (χ2v) is 8.25. The van der Waals surface area contributed by atoms with Crippen LogP contribution < -0.4 is 0 Å². The van der Waals surface area contributed by atoms with Gasteiger partial charge < -0.3 is 0 Å². The molecule has 142 valence electrons. The summed E-state index contributed by atoms with van der Waals surface area (Å²) in [7, 11) is 0. The van der Waals surface area contributed by atoms with Gasteiger partial charge in [-0.1, -0.05) is 116 Å². The molecule has 0 aromatic heterocycles. The fourth-order valence-corrected chi connectivity index (χ4v) is 4.34. The van der Waals surface area contributed by atoms with Gasteiger partial charge in [0.15, 0.2) is 0 Å². The highest BCUT2D eigenvalue weighted by atomic mass is 14.3.